The van der Waals surface area contributed by atoms with Crippen molar-refractivity contribution in [2.24, 2.45) is 0 Å². The zero-order valence-electron chi connectivity index (χ0n) is 9.92. The largest absolute Gasteiger partial charge is 0.482 e. The quantitative estimate of drug-likeness (QED) is 0.790. The maximum Gasteiger partial charge on any atom is 0.344 e. The second-order valence-electron chi connectivity index (χ2n) is 4.45. The summed E-state index contributed by atoms with van der Waals surface area (Å²) in [4.78, 5) is 11.4. The molecular weight excluding hydrogens is 263 g/mol. The molecule has 1 rings (SSSR count). The molecule has 5 heteroatoms. The highest BCUT2D eigenvalue weighted by molar-refractivity contribution is 6.42. The summed E-state index contributed by atoms with van der Waals surface area (Å²) in [5.74, 6) is 0.0498. The van der Waals surface area contributed by atoms with Crippen LogP contribution in [0.4, 0.5) is 0 Å². The lowest BCUT2D eigenvalue weighted by atomic mass is 10.2. The third-order valence-corrected chi connectivity index (χ3v) is 2.41. The molecule has 1 aromatic rings. The number of hydrogen-bond donors (Lipinski definition) is 0. The van der Waals surface area contributed by atoms with Gasteiger partial charge >= 0.3 is 5.97 Å². The molecule has 0 aliphatic rings. The molecule has 0 aromatic heterocycles. The van der Waals surface area contributed by atoms with Crippen molar-refractivity contribution >= 4 is 29.2 Å². The molecule has 0 saturated heterocycles. The Bertz CT molecular complexity index is 411. The van der Waals surface area contributed by atoms with Crippen molar-refractivity contribution in [3.63, 3.8) is 0 Å². The van der Waals surface area contributed by atoms with Crippen LogP contribution in [0.1, 0.15) is 20.8 Å². The summed E-state index contributed by atoms with van der Waals surface area (Å²) in [5, 5.41) is 0.824. The van der Waals surface area contributed by atoms with Crippen LogP contribution in [0.5, 0.6) is 5.75 Å². The Morgan fingerprint density at radius 2 is 1.88 bits per heavy atom. The first kappa shape index (κ1) is 14.1. The lowest BCUT2D eigenvalue weighted by Crippen LogP contribution is -2.27. The molecule has 1 aromatic carbocycles. The van der Waals surface area contributed by atoms with Gasteiger partial charge in [0, 0.05) is 6.07 Å². The monoisotopic (exact) mass is 276 g/mol. The third-order valence-electron chi connectivity index (χ3n) is 1.67. The van der Waals surface area contributed by atoms with Gasteiger partial charge < -0.3 is 9.47 Å². The minimum Gasteiger partial charge on any atom is -0.482 e. The molecule has 0 unspecified atom stereocenters. The number of ether oxygens (including phenoxy) is 2. The van der Waals surface area contributed by atoms with Crippen molar-refractivity contribution in [3.05, 3.63) is 28.2 Å². The molecular formula is C12H14Cl2O3. The normalized spacial score (nSPS) is 11.1. The van der Waals surface area contributed by atoms with Gasteiger partial charge in [0.05, 0.1) is 10.0 Å². The minimum atomic E-state index is -0.516. The summed E-state index contributed by atoms with van der Waals surface area (Å²) in [5.41, 5.74) is -0.516. The Morgan fingerprint density at radius 1 is 1.24 bits per heavy atom. The topological polar surface area (TPSA) is 35.5 Å². The van der Waals surface area contributed by atoms with Crippen molar-refractivity contribution < 1.29 is 14.3 Å². The summed E-state index contributed by atoms with van der Waals surface area (Å²) in [7, 11) is 0. The van der Waals surface area contributed by atoms with Crippen LogP contribution >= 0.6 is 23.2 Å². The van der Waals surface area contributed by atoms with Gasteiger partial charge in [0.2, 0.25) is 0 Å². The van der Waals surface area contributed by atoms with Gasteiger partial charge in [-0.05, 0) is 32.9 Å². The molecule has 94 valence electrons. The van der Waals surface area contributed by atoms with E-state index >= 15 is 0 Å². The minimum absolute atomic E-state index is 0.158. The fourth-order valence-electron chi connectivity index (χ4n) is 1.08. The van der Waals surface area contributed by atoms with Gasteiger partial charge in [0.25, 0.3) is 0 Å². The fraction of sp³-hybridized carbons (Fsp3) is 0.417. The van der Waals surface area contributed by atoms with Gasteiger partial charge in [-0.3, -0.25) is 0 Å². The van der Waals surface area contributed by atoms with Gasteiger partial charge in [-0.25, -0.2) is 4.79 Å². The van der Waals surface area contributed by atoms with E-state index in [0.29, 0.717) is 15.8 Å². The zero-order valence-corrected chi connectivity index (χ0v) is 11.4. The summed E-state index contributed by atoms with van der Waals surface area (Å²) in [6.07, 6.45) is 0. The van der Waals surface area contributed by atoms with Gasteiger partial charge in [0.15, 0.2) is 6.61 Å². The number of benzene rings is 1. The molecule has 0 aliphatic heterocycles. The van der Waals surface area contributed by atoms with Gasteiger partial charge in [-0.15, -0.1) is 0 Å². The molecule has 3 nitrogen and oxygen atoms in total. The highest BCUT2D eigenvalue weighted by atomic mass is 35.5. The first-order chi connectivity index (χ1) is 7.78. The predicted octanol–water partition coefficient (Wildman–Crippen LogP) is 3.71. The highest BCUT2D eigenvalue weighted by Gasteiger charge is 2.16. The van der Waals surface area contributed by atoms with E-state index in [4.69, 9.17) is 32.7 Å². The van der Waals surface area contributed by atoms with Crippen LogP contribution in [0.3, 0.4) is 0 Å². The van der Waals surface area contributed by atoms with Crippen LogP contribution in [-0.4, -0.2) is 18.2 Å². The van der Waals surface area contributed by atoms with Crippen LogP contribution in [0.25, 0.3) is 0 Å². The lowest BCUT2D eigenvalue weighted by molar-refractivity contribution is -0.157. The van der Waals surface area contributed by atoms with Crippen LogP contribution in [0, 0.1) is 0 Å². The zero-order chi connectivity index (χ0) is 13.1. The standard InChI is InChI=1S/C12H14Cl2O3/c1-12(2,3)17-11(15)7-16-8-4-5-9(13)10(14)6-8/h4-6H,7H2,1-3H3. The second kappa shape index (κ2) is 5.61. The molecule has 0 fully saturated rings. The average Bonchev–Trinajstić information content (AvgIpc) is 2.17. The Kier molecular flexibility index (Phi) is 4.66. The average molecular weight is 277 g/mol. The van der Waals surface area contributed by atoms with Crippen molar-refractivity contribution in [2.45, 2.75) is 26.4 Å². The molecule has 0 atom stereocenters. The fourth-order valence-corrected chi connectivity index (χ4v) is 1.37. The predicted molar refractivity (Wildman–Crippen MR) is 67.8 cm³/mol. The van der Waals surface area contributed by atoms with E-state index in [-0.39, 0.29) is 6.61 Å². The van der Waals surface area contributed by atoms with Gasteiger partial charge in [-0.2, -0.15) is 0 Å². The van der Waals surface area contributed by atoms with Crippen molar-refractivity contribution in [2.75, 3.05) is 6.61 Å². The first-order valence-corrected chi connectivity index (χ1v) is 5.83. The van der Waals surface area contributed by atoms with E-state index < -0.39 is 11.6 Å². The Balaban J connectivity index is 2.50. The molecule has 0 N–H and O–H groups in total. The smallest absolute Gasteiger partial charge is 0.344 e. The molecule has 0 spiro atoms. The number of hydrogen-bond acceptors (Lipinski definition) is 3. The third kappa shape index (κ3) is 5.29. The van der Waals surface area contributed by atoms with E-state index in [1.165, 1.54) is 0 Å². The summed E-state index contributed by atoms with van der Waals surface area (Å²) in [6.45, 7) is 5.23. The molecule has 17 heavy (non-hydrogen) atoms. The molecule has 0 bridgehead atoms. The molecule has 0 radical (unpaired) electrons. The Morgan fingerprint density at radius 3 is 2.41 bits per heavy atom. The Labute approximate surface area is 111 Å². The van der Waals surface area contributed by atoms with E-state index in [0.717, 1.165) is 0 Å². The van der Waals surface area contributed by atoms with Gasteiger partial charge in [-0.1, -0.05) is 23.2 Å². The summed E-state index contributed by atoms with van der Waals surface area (Å²) in [6, 6.07) is 4.79. The number of carbonyl (C=O) groups is 1. The maximum atomic E-state index is 11.4. The van der Waals surface area contributed by atoms with E-state index in [1.807, 2.05) is 0 Å². The summed E-state index contributed by atoms with van der Waals surface area (Å²) >= 11 is 11.6. The van der Waals surface area contributed by atoms with E-state index in [2.05, 4.69) is 0 Å². The molecule has 0 aliphatic carbocycles. The molecule has 0 amide bonds. The van der Waals surface area contributed by atoms with Crippen LogP contribution in [0.2, 0.25) is 10.0 Å². The maximum absolute atomic E-state index is 11.4. The molecule has 0 heterocycles. The Hall–Kier alpha value is -0.930. The van der Waals surface area contributed by atoms with Crippen LogP contribution < -0.4 is 4.74 Å². The lowest BCUT2D eigenvalue weighted by Gasteiger charge is -2.19. The number of esters is 1. The van der Waals surface area contributed by atoms with Gasteiger partial charge in [0.1, 0.15) is 11.4 Å². The summed E-state index contributed by atoms with van der Waals surface area (Å²) < 4.78 is 10.3. The van der Waals surface area contributed by atoms with E-state index in [9.17, 15) is 4.79 Å². The van der Waals surface area contributed by atoms with Crippen LogP contribution in [0.15, 0.2) is 18.2 Å². The van der Waals surface area contributed by atoms with Crippen molar-refractivity contribution in [3.8, 4) is 5.75 Å². The van der Waals surface area contributed by atoms with Crippen LogP contribution in [-0.2, 0) is 9.53 Å². The van der Waals surface area contributed by atoms with E-state index in [1.54, 1.807) is 39.0 Å². The SMILES string of the molecule is CC(C)(C)OC(=O)COc1ccc(Cl)c(Cl)c1. The van der Waals surface area contributed by atoms with Crippen molar-refractivity contribution in [1.82, 2.24) is 0 Å². The second-order valence-corrected chi connectivity index (χ2v) is 5.27. The highest BCUT2D eigenvalue weighted by Crippen LogP contribution is 2.26. The number of rotatable bonds is 3. The molecule has 0 saturated carbocycles. The first-order valence-electron chi connectivity index (χ1n) is 5.07. The number of carbonyl (C=O) groups excluding carboxylic acids is 1. The van der Waals surface area contributed by atoms with Crippen molar-refractivity contribution in [1.29, 1.82) is 0 Å². The number of halogens is 2.